The maximum absolute atomic E-state index is 14.7. The summed E-state index contributed by atoms with van der Waals surface area (Å²) in [6.07, 6.45) is -3.35. The second-order valence-corrected chi connectivity index (χ2v) is 10.1. The van der Waals surface area contributed by atoms with Gasteiger partial charge in [-0.15, -0.1) is 11.8 Å². The number of carbonyl (C=O) groups is 3. The molecule has 37 heavy (non-hydrogen) atoms. The number of thioether (sulfide) groups is 1. The molecule has 0 spiro atoms. The second-order valence-electron chi connectivity index (χ2n) is 9.12. The molecule has 1 aromatic heterocycles. The van der Waals surface area contributed by atoms with Crippen LogP contribution in [0.3, 0.4) is 0 Å². The molecular weight excluding hydrogens is 503 g/mol. The molecule has 3 aliphatic rings. The van der Waals surface area contributed by atoms with E-state index in [1.165, 1.54) is 33.4 Å². The van der Waals surface area contributed by atoms with E-state index >= 15 is 0 Å². The Morgan fingerprint density at radius 1 is 1.19 bits per heavy atom. The molecular formula is C25H21FN4O6S. The number of amides is 3. The van der Waals surface area contributed by atoms with Crippen molar-refractivity contribution in [2.24, 2.45) is 0 Å². The minimum Gasteiger partial charge on any atom is -0.441 e. The molecule has 2 unspecified atom stereocenters. The van der Waals surface area contributed by atoms with Crippen LogP contribution in [0.25, 0.3) is 10.9 Å². The van der Waals surface area contributed by atoms with Crippen molar-refractivity contribution in [2.75, 3.05) is 22.5 Å². The molecule has 10 nitrogen and oxygen atoms in total. The van der Waals surface area contributed by atoms with Gasteiger partial charge in [0.25, 0.3) is 5.56 Å². The van der Waals surface area contributed by atoms with E-state index in [1.54, 1.807) is 30.3 Å². The van der Waals surface area contributed by atoms with E-state index in [4.69, 9.17) is 4.74 Å². The lowest BCUT2D eigenvalue weighted by molar-refractivity contribution is -0.125. The smallest absolute Gasteiger partial charge is 0.414 e. The lowest BCUT2D eigenvalue weighted by Crippen LogP contribution is -2.38. The van der Waals surface area contributed by atoms with Crippen molar-refractivity contribution >= 4 is 51.9 Å². The number of cyclic esters (lactones) is 1. The Labute approximate surface area is 213 Å². The van der Waals surface area contributed by atoms with Gasteiger partial charge in [0.15, 0.2) is 0 Å². The van der Waals surface area contributed by atoms with Gasteiger partial charge in [-0.1, -0.05) is 0 Å². The number of aliphatic hydroxyl groups excluding tert-OH is 1. The topological polar surface area (TPSA) is 130 Å². The number of hydrogen-bond donors (Lipinski definition) is 3. The summed E-state index contributed by atoms with van der Waals surface area (Å²) < 4.78 is 21.4. The van der Waals surface area contributed by atoms with Crippen molar-refractivity contribution < 1.29 is 28.6 Å². The highest BCUT2D eigenvalue weighted by Crippen LogP contribution is 2.36. The van der Waals surface area contributed by atoms with Crippen LogP contribution >= 0.6 is 11.8 Å². The molecule has 3 atom stereocenters. The van der Waals surface area contributed by atoms with Crippen LogP contribution in [0.5, 0.6) is 0 Å². The summed E-state index contributed by atoms with van der Waals surface area (Å²) in [5.41, 5.74) is 1.46. The molecule has 2 aromatic carbocycles. The third-order valence-electron chi connectivity index (χ3n) is 6.75. The molecule has 1 fully saturated rings. The van der Waals surface area contributed by atoms with Crippen LogP contribution in [0.2, 0.25) is 0 Å². The monoisotopic (exact) mass is 524 g/mol. The van der Waals surface area contributed by atoms with Gasteiger partial charge < -0.3 is 25.0 Å². The summed E-state index contributed by atoms with van der Waals surface area (Å²) in [6.45, 7) is 0.0823. The quantitative estimate of drug-likeness (QED) is 0.466. The first-order chi connectivity index (χ1) is 17.8. The molecule has 3 amide bonds. The average molecular weight is 525 g/mol. The predicted octanol–water partition coefficient (Wildman–Crippen LogP) is 2.13. The third kappa shape index (κ3) is 4.11. The fraction of sp³-hybridized carbons (Fsp3) is 0.280. The first kappa shape index (κ1) is 23.5. The lowest BCUT2D eigenvalue weighted by atomic mass is 10.0. The number of pyridine rings is 1. The number of hydrogen-bond acceptors (Lipinski definition) is 7. The molecule has 3 aromatic rings. The number of ether oxygens (including phenoxy) is 1. The maximum atomic E-state index is 14.7. The first-order valence-corrected chi connectivity index (χ1v) is 12.6. The SMILES string of the molecule is O=C1CSc2ccc(N3C[C@@H](C(O)CC(=O)NC4Cn5c(=O)ccc6ccc(F)c4c65)OC3=O)cc2N1. The van der Waals surface area contributed by atoms with Gasteiger partial charge in [-0.25, -0.2) is 9.18 Å². The molecule has 1 saturated heterocycles. The van der Waals surface area contributed by atoms with Crippen molar-refractivity contribution in [3.63, 3.8) is 0 Å². The van der Waals surface area contributed by atoms with Crippen LogP contribution in [0, 0.1) is 5.82 Å². The Morgan fingerprint density at radius 3 is 2.84 bits per heavy atom. The highest BCUT2D eigenvalue weighted by atomic mass is 32.2. The molecule has 4 heterocycles. The van der Waals surface area contributed by atoms with E-state index in [0.29, 0.717) is 28.0 Å². The van der Waals surface area contributed by atoms with Crippen LogP contribution in [0.4, 0.5) is 20.6 Å². The van der Waals surface area contributed by atoms with E-state index in [1.807, 2.05) is 0 Å². The number of halogens is 1. The summed E-state index contributed by atoms with van der Waals surface area (Å²) in [5, 5.41) is 16.8. The fourth-order valence-electron chi connectivity index (χ4n) is 5.01. The minimum atomic E-state index is -1.31. The van der Waals surface area contributed by atoms with Gasteiger partial charge in [-0.3, -0.25) is 19.3 Å². The number of rotatable bonds is 5. The normalized spacial score (nSPS) is 21.0. The molecule has 0 saturated carbocycles. The molecule has 0 aliphatic carbocycles. The van der Waals surface area contributed by atoms with Gasteiger partial charge >= 0.3 is 6.09 Å². The molecule has 3 aliphatic heterocycles. The van der Waals surface area contributed by atoms with Crippen LogP contribution in [0.1, 0.15) is 18.0 Å². The van der Waals surface area contributed by atoms with Crippen LogP contribution in [-0.2, 0) is 20.9 Å². The number of aliphatic hydroxyl groups is 1. The Morgan fingerprint density at radius 2 is 2.00 bits per heavy atom. The minimum absolute atomic E-state index is 0.00531. The Kier molecular flexibility index (Phi) is 5.64. The van der Waals surface area contributed by atoms with Crippen molar-refractivity contribution in [3.8, 4) is 0 Å². The average Bonchev–Trinajstić information content (AvgIpc) is 3.45. The maximum Gasteiger partial charge on any atom is 0.414 e. The van der Waals surface area contributed by atoms with Gasteiger partial charge in [0.2, 0.25) is 11.8 Å². The number of aromatic nitrogens is 1. The van der Waals surface area contributed by atoms with E-state index in [9.17, 15) is 28.7 Å². The highest BCUT2D eigenvalue weighted by molar-refractivity contribution is 8.00. The standard InChI is InChI=1S/C25H21FN4O6S/c26-14-4-1-12-2-6-22(34)30-9-16(23(14)24(12)30)28-20(32)8-17(31)18-10-29(25(35)36-18)13-3-5-19-15(7-13)27-21(33)11-37-19/h1-7,16-18,31H,8-11H2,(H,27,33)(H,28,32)/t16?,17?,18-/m0/s1. The van der Waals surface area contributed by atoms with Crippen LogP contribution in [-0.4, -0.2) is 52.1 Å². The number of anilines is 2. The molecule has 190 valence electrons. The van der Waals surface area contributed by atoms with Crippen molar-refractivity contribution in [1.29, 1.82) is 0 Å². The van der Waals surface area contributed by atoms with Crippen molar-refractivity contribution in [3.05, 3.63) is 64.2 Å². The molecule has 6 rings (SSSR count). The van der Waals surface area contributed by atoms with Gasteiger partial charge in [-0.05, 0) is 41.8 Å². The van der Waals surface area contributed by atoms with Gasteiger partial charge in [0.05, 0.1) is 42.5 Å². The third-order valence-corrected chi connectivity index (χ3v) is 7.83. The highest BCUT2D eigenvalue weighted by Gasteiger charge is 2.38. The van der Waals surface area contributed by atoms with Crippen molar-refractivity contribution in [1.82, 2.24) is 9.88 Å². The van der Waals surface area contributed by atoms with E-state index in [-0.39, 0.29) is 36.5 Å². The van der Waals surface area contributed by atoms with E-state index in [0.717, 1.165) is 4.90 Å². The zero-order chi connectivity index (χ0) is 25.8. The zero-order valence-corrected chi connectivity index (χ0v) is 20.1. The fourth-order valence-corrected chi connectivity index (χ4v) is 5.80. The Balaban J connectivity index is 1.13. The van der Waals surface area contributed by atoms with Gasteiger partial charge in [-0.2, -0.15) is 0 Å². The number of carbonyl (C=O) groups excluding carboxylic acids is 3. The van der Waals surface area contributed by atoms with E-state index in [2.05, 4.69) is 10.6 Å². The van der Waals surface area contributed by atoms with Gasteiger partial charge in [0, 0.05) is 22.2 Å². The summed E-state index contributed by atoms with van der Waals surface area (Å²) >= 11 is 1.40. The van der Waals surface area contributed by atoms with E-state index < -0.39 is 36.1 Å². The lowest BCUT2D eigenvalue weighted by Gasteiger charge is -2.20. The summed E-state index contributed by atoms with van der Waals surface area (Å²) in [7, 11) is 0. The molecule has 0 bridgehead atoms. The Hall–Kier alpha value is -3.90. The summed E-state index contributed by atoms with van der Waals surface area (Å²) in [4.78, 5) is 51.5. The summed E-state index contributed by atoms with van der Waals surface area (Å²) in [6, 6.07) is 10.3. The van der Waals surface area contributed by atoms with Crippen LogP contribution in [0.15, 0.2) is 52.2 Å². The predicted molar refractivity (Wildman–Crippen MR) is 133 cm³/mol. The second kappa shape index (κ2) is 8.89. The molecule has 0 radical (unpaired) electrons. The number of nitrogens with zero attached hydrogens (tertiary/aromatic N) is 2. The Bertz CT molecular complexity index is 1540. The molecule has 12 heteroatoms. The zero-order valence-electron chi connectivity index (χ0n) is 19.3. The number of nitrogens with one attached hydrogen (secondary N) is 2. The van der Waals surface area contributed by atoms with Crippen molar-refractivity contribution in [2.45, 2.75) is 36.1 Å². The largest absolute Gasteiger partial charge is 0.441 e. The van der Waals surface area contributed by atoms with Crippen LogP contribution < -0.4 is 21.1 Å². The first-order valence-electron chi connectivity index (χ1n) is 11.6. The van der Waals surface area contributed by atoms with Gasteiger partial charge in [0.1, 0.15) is 18.0 Å². The molecule has 3 N–H and O–H groups in total. The summed E-state index contributed by atoms with van der Waals surface area (Å²) in [5.74, 6) is -0.919. The number of benzene rings is 2. The number of fused-ring (bicyclic) bond motifs is 1.